The lowest BCUT2D eigenvalue weighted by molar-refractivity contribution is -0.163. The van der Waals surface area contributed by atoms with Gasteiger partial charge in [-0.2, -0.15) is 0 Å². The number of ether oxygens (including phenoxy) is 1. The largest absolute Gasteiger partial charge is 0.427 e. The quantitative estimate of drug-likeness (QED) is 0.931. The molecule has 5 nitrogen and oxygen atoms in total. The Hall–Kier alpha value is -2.18. The zero-order valence-corrected chi connectivity index (χ0v) is 13.2. The summed E-state index contributed by atoms with van der Waals surface area (Å²) in [5.74, 6) is -2.82. The summed E-state index contributed by atoms with van der Waals surface area (Å²) in [6.45, 7) is 4.91. The van der Waals surface area contributed by atoms with E-state index in [1.807, 2.05) is 0 Å². The average Bonchev–Trinajstić information content (AvgIpc) is 2.36. The molecule has 0 aromatic heterocycles. The molecule has 0 aliphatic heterocycles. The number of hydrogen-bond donors (Lipinski definition) is 1. The second-order valence-electron chi connectivity index (χ2n) is 6.18. The normalized spacial score (nSPS) is 14.1. The molecule has 2 amide bonds. The zero-order chi connectivity index (χ0) is 17.3. The third-order valence-corrected chi connectivity index (χ3v) is 3.34. The first kappa shape index (κ1) is 17.9. The summed E-state index contributed by atoms with van der Waals surface area (Å²) in [6, 6.07) is 2.91. The van der Waals surface area contributed by atoms with E-state index in [1.54, 1.807) is 20.8 Å². The lowest BCUT2D eigenvalue weighted by Crippen LogP contribution is -2.55. The van der Waals surface area contributed by atoms with Crippen LogP contribution in [0.3, 0.4) is 0 Å². The molecule has 1 atom stereocenters. The van der Waals surface area contributed by atoms with Crippen LogP contribution in [-0.2, 0) is 15.1 Å². The fraction of sp³-hybridized carbons (Fsp3) is 0.467. The Balaban J connectivity index is 3.71. The van der Waals surface area contributed by atoms with Gasteiger partial charge in [0.05, 0.1) is 0 Å². The molecule has 0 saturated carbocycles. The van der Waals surface area contributed by atoms with Crippen LogP contribution in [0, 0.1) is 17.0 Å². The zero-order valence-electron chi connectivity index (χ0n) is 13.2. The van der Waals surface area contributed by atoms with E-state index in [2.05, 4.69) is 0 Å². The topological polar surface area (TPSA) is 72.6 Å². The SMILES string of the molecule is CN(C)C(=O)C(OC(N)=O)(c1ccc(F)c(F)c1)C(C)(C)C. The van der Waals surface area contributed by atoms with Gasteiger partial charge in [0.2, 0.25) is 5.60 Å². The molecule has 1 aromatic carbocycles. The molecule has 0 heterocycles. The number of benzene rings is 1. The van der Waals surface area contributed by atoms with Crippen LogP contribution in [0.5, 0.6) is 0 Å². The highest BCUT2D eigenvalue weighted by atomic mass is 19.2. The van der Waals surface area contributed by atoms with Crippen molar-refractivity contribution in [2.45, 2.75) is 26.4 Å². The number of nitrogens with zero attached hydrogens (tertiary/aromatic N) is 1. The van der Waals surface area contributed by atoms with Crippen molar-refractivity contribution in [3.05, 3.63) is 35.4 Å². The fourth-order valence-corrected chi connectivity index (χ4v) is 2.31. The molecule has 0 aliphatic rings. The van der Waals surface area contributed by atoms with Gasteiger partial charge < -0.3 is 15.4 Å². The number of carbonyl (C=O) groups excluding carboxylic acids is 2. The van der Waals surface area contributed by atoms with E-state index < -0.39 is 34.7 Å². The van der Waals surface area contributed by atoms with Gasteiger partial charge in [0, 0.05) is 25.1 Å². The van der Waals surface area contributed by atoms with Crippen molar-refractivity contribution in [1.29, 1.82) is 0 Å². The fourth-order valence-electron chi connectivity index (χ4n) is 2.31. The summed E-state index contributed by atoms with van der Waals surface area (Å²) in [5.41, 5.74) is 2.29. The minimum Gasteiger partial charge on any atom is -0.427 e. The van der Waals surface area contributed by atoms with Crippen molar-refractivity contribution < 1.29 is 23.1 Å². The van der Waals surface area contributed by atoms with Gasteiger partial charge in [0.25, 0.3) is 5.91 Å². The van der Waals surface area contributed by atoms with E-state index >= 15 is 0 Å². The first-order valence-corrected chi connectivity index (χ1v) is 6.59. The van der Waals surface area contributed by atoms with Crippen LogP contribution in [0.2, 0.25) is 0 Å². The van der Waals surface area contributed by atoms with Crippen molar-refractivity contribution in [3.63, 3.8) is 0 Å². The van der Waals surface area contributed by atoms with Gasteiger partial charge in [-0.3, -0.25) is 4.79 Å². The number of amides is 2. The van der Waals surface area contributed by atoms with E-state index in [4.69, 9.17) is 10.5 Å². The summed E-state index contributed by atoms with van der Waals surface area (Å²) < 4.78 is 32.0. The maximum atomic E-state index is 13.6. The van der Waals surface area contributed by atoms with E-state index in [1.165, 1.54) is 25.1 Å². The summed E-state index contributed by atoms with van der Waals surface area (Å²) >= 11 is 0. The molecule has 0 bridgehead atoms. The second-order valence-corrected chi connectivity index (χ2v) is 6.18. The third kappa shape index (κ3) is 3.03. The summed E-state index contributed by atoms with van der Waals surface area (Å²) in [6.07, 6.45) is -1.19. The number of halogens is 2. The van der Waals surface area contributed by atoms with E-state index in [9.17, 15) is 18.4 Å². The van der Waals surface area contributed by atoms with Gasteiger partial charge >= 0.3 is 6.09 Å². The van der Waals surface area contributed by atoms with E-state index in [-0.39, 0.29) is 5.56 Å². The minimum atomic E-state index is -1.88. The Labute approximate surface area is 128 Å². The molecular formula is C15H20F2N2O3. The number of carbonyl (C=O) groups is 2. The molecule has 0 fully saturated rings. The first-order chi connectivity index (χ1) is 9.93. The Kier molecular flexibility index (Phi) is 4.79. The smallest absolute Gasteiger partial charge is 0.405 e. The highest BCUT2D eigenvalue weighted by Gasteiger charge is 2.54. The number of primary amides is 1. The Morgan fingerprint density at radius 3 is 2.05 bits per heavy atom. The Morgan fingerprint density at radius 1 is 1.14 bits per heavy atom. The molecule has 0 aliphatic carbocycles. The maximum absolute atomic E-state index is 13.6. The molecule has 1 aromatic rings. The molecule has 22 heavy (non-hydrogen) atoms. The number of hydrogen-bond acceptors (Lipinski definition) is 3. The lowest BCUT2D eigenvalue weighted by atomic mass is 9.71. The van der Waals surface area contributed by atoms with Gasteiger partial charge in [-0.1, -0.05) is 26.8 Å². The second kappa shape index (κ2) is 5.90. The molecule has 7 heteroatoms. The van der Waals surface area contributed by atoms with Gasteiger partial charge in [0.15, 0.2) is 11.6 Å². The van der Waals surface area contributed by atoms with Gasteiger partial charge in [0.1, 0.15) is 0 Å². The first-order valence-electron chi connectivity index (χ1n) is 6.59. The van der Waals surface area contributed by atoms with Crippen LogP contribution < -0.4 is 5.73 Å². The van der Waals surface area contributed by atoms with Crippen LogP contribution in [-0.4, -0.2) is 31.0 Å². The predicted molar refractivity (Wildman–Crippen MR) is 76.9 cm³/mol. The highest BCUT2D eigenvalue weighted by Crippen LogP contribution is 2.44. The van der Waals surface area contributed by atoms with Crippen LogP contribution >= 0.6 is 0 Å². The number of rotatable bonds is 3. The molecule has 2 N–H and O–H groups in total. The molecular weight excluding hydrogens is 294 g/mol. The molecule has 0 spiro atoms. The van der Waals surface area contributed by atoms with Crippen LogP contribution in [0.1, 0.15) is 26.3 Å². The summed E-state index contributed by atoms with van der Waals surface area (Å²) in [5, 5.41) is 0. The Morgan fingerprint density at radius 2 is 1.68 bits per heavy atom. The van der Waals surface area contributed by atoms with Gasteiger partial charge in [-0.15, -0.1) is 0 Å². The Bertz CT molecular complexity index is 597. The van der Waals surface area contributed by atoms with Crippen molar-refractivity contribution in [3.8, 4) is 0 Å². The van der Waals surface area contributed by atoms with E-state index in [0.29, 0.717) is 0 Å². The number of likely N-dealkylation sites (N-methyl/N-ethyl adjacent to an activating group) is 1. The average molecular weight is 314 g/mol. The highest BCUT2D eigenvalue weighted by molar-refractivity contribution is 5.89. The molecule has 122 valence electrons. The van der Waals surface area contributed by atoms with Crippen LogP contribution in [0.4, 0.5) is 13.6 Å². The monoisotopic (exact) mass is 314 g/mol. The van der Waals surface area contributed by atoms with Gasteiger partial charge in [-0.05, 0) is 12.1 Å². The minimum absolute atomic E-state index is 0.0106. The standard InChI is InChI=1S/C15H20F2N2O3/c1-14(2,3)15(22-13(18)21,12(20)19(4)5)9-6-7-10(16)11(17)8-9/h6-8H,1-5H3,(H2,18,21). The van der Waals surface area contributed by atoms with Crippen molar-refractivity contribution in [2.24, 2.45) is 11.1 Å². The van der Waals surface area contributed by atoms with Crippen LogP contribution in [0.25, 0.3) is 0 Å². The predicted octanol–water partition coefficient (Wildman–Crippen LogP) is 2.39. The molecule has 0 saturated heterocycles. The third-order valence-electron chi connectivity index (χ3n) is 3.34. The maximum Gasteiger partial charge on any atom is 0.405 e. The van der Waals surface area contributed by atoms with Crippen molar-refractivity contribution in [2.75, 3.05) is 14.1 Å². The summed E-state index contributed by atoms with van der Waals surface area (Å²) in [4.78, 5) is 25.3. The molecule has 0 radical (unpaired) electrons. The number of nitrogens with two attached hydrogens (primary N) is 1. The van der Waals surface area contributed by atoms with E-state index in [0.717, 1.165) is 12.1 Å². The molecule has 1 unspecified atom stereocenters. The summed E-state index contributed by atoms with van der Waals surface area (Å²) in [7, 11) is 2.93. The van der Waals surface area contributed by atoms with Crippen molar-refractivity contribution >= 4 is 12.0 Å². The van der Waals surface area contributed by atoms with Crippen molar-refractivity contribution in [1.82, 2.24) is 4.90 Å². The lowest BCUT2D eigenvalue weighted by Gasteiger charge is -2.43. The van der Waals surface area contributed by atoms with Crippen LogP contribution in [0.15, 0.2) is 18.2 Å². The molecule has 1 rings (SSSR count). The van der Waals surface area contributed by atoms with Gasteiger partial charge in [-0.25, -0.2) is 13.6 Å².